The van der Waals surface area contributed by atoms with E-state index >= 15 is 4.21 Å². The minimum atomic E-state index is -3.87. The molecule has 0 atom stereocenters. The first kappa shape index (κ1) is 25.6. The lowest BCUT2D eigenvalue weighted by Crippen LogP contribution is -2.30. The van der Waals surface area contributed by atoms with Crippen molar-refractivity contribution in [1.29, 1.82) is 0 Å². The molecule has 3 aliphatic rings. The fourth-order valence-electron chi connectivity index (χ4n) is 8.08. The molecule has 3 aliphatic heterocycles. The molecule has 10 rings (SSSR count). The van der Waals surface area contributed by atoms with E-state index in [2.05, 4.69) is 161 Å². The molecule has 0 aromatic heterocycles. The van der Waals surface area contributed by atoms with Crippen LogP contribution in [0.4, 0.5) is 34.1 Å². The van der Waals surface area contributed by atoms with Gasteiger partial charge in [0, 0.05) is 45.6 Å². The summed E-state index contributed by atoms with van der Waals surface area (Å²) in [7, 11) is -3.87. The smallest absolute Gasteiger partial charge is 0.0703 e. The Kier molecular flexibility index (Phi) is 4.97. The molecule has 3 nitrogen and oxygen atoms in total. The number of para-hydroxylation sites is 5. The van der Waals surface area contributed by atoms with Gasteiger partial charge in [0.2, 0.25) is 0 Å². The topological polar surface area (TPSA) is 23.6 Å². The van der Waals surface area contributed by atoms with E-state index in [9.17, 15) is 0 Å². The van der Waals surface area contributed by atoms with E-state index in [4.69, 9.17) is 0 Å². The van der Waals surface area contributed by atoms with Crippen molar-refractivity contribution in [3.63, 3.8) is 0 Å². The Morgan fingerprint density at radius 2 is 0.696 bits per heavy atom. The molecule has 0 amide bonds. The minimum absolute atomic E-state index is 0.892. The maximum absolute atomic E-state index is 16.7. The average Bonchev–Trinajstić information content (AvgIpc) is 3.51. The van der Waals surface area contributed by atoms with Gasteiger partial charge in [-0.3, -0.25) is 4.21 Å². The Balaban J connectivity index is 1.26. The third kappa shape index (κ3) is 2.95. The van der Waals surface area contributed by atoms with Crippen molar-refractivity contribution in [1.82, 2.24) is 0 Å². The molecule has 0 aliphatic carbocycles. The van der Waals surface area contributed by atoms with Crippen LogP contribution >= 0.6 is 0 Å². The zero-order valence-electron chi connectivity index (χ0n) is 24.9. The van der Waals surface area contributed by atoms with Gasteiger partial charge in [0.25, 0.3) is 0 Å². The molecule has 46 heavy (non-hydrogen) atoms. The number of hydrogen-bond donors (Lipinski definition) is 0. The normalized spacial score (nSPS) is 16.3. The highest BCUT2D eigenvalue weighted by atomic mass is 32.3. The van der Waals surface area contributed by atoms with Crippen molar-refractivity contribution in [3.05, 3.63) is 170 Å². The van der Waals surface area contributed by atoms with E-state index in [1.807, 2.05) is 18.2 Å². The molecule has 7 aromatic rings. The summed E-state index contributed by atoms with van der Waals surface area (Å²) in [5.41, 5.74) is 10.7. The summed E-state index contributed by atoms with van der Waals surface area (Å²) in [6.45, 7) is 0. The van der Waals surface area contributed by atoms with Crippen LogP contribution in [0.25, 0.3) is 22.3 Å². The molecule has 0 unspecified atom stereocenters. The van der Waals surface area contributed by atoms with Crippen LogP contribution in [0.5, 0.6) is 0 Å². The third-order valence-electron chi connectivity index (χ3n) is 9.88. The Labute approximate surface area is 268 Å². The lowest BCUT2D eigenvalue weighted by atomic mass is 10.0. The summed E-state index contributed by atoms with van der Waals surface area (Å²) >= 11 is 0. The quantitative estimate of drug-likeness (QED) is 0.195. The largest absolute Gasteiger partial charge is 0.306 e. The zero-order chi connectivity index (χ0) is 30.5. The van der Waals surface area contributed by atoms with Crippen molar-refractivity contribution >= 4 is 43.2 Å². The molecule has 0 N–H and O–H groups in total. The number of anilines is 6. The molecule has 0 saturated carbocycles. The van der Waals surface area contributed by atoms with Gasteiger partial charge in [-0.2, -0.15) is 0 Å². The third-order valence-corrected chi connectivity index (χ3v) is 14.7. The molecule has 0 radical (unpaired) electrons. The molecule has 4 heteroatoms. The van der Waals surface area contributed by atoms with Crippen LogP contribution in [0.3, 0.4) is 0 Å². The van der Waals surface area contributed by atoms with Gasteiger partial charge in [-0.25, -0.2) is 0 Å². The fourth-order valence-corrected chi connectivity index (χ4v) is 13.2. The van der Waals surface area contributed by atoms with Crippen molar-refractivity contribution in [2.24, 2.45) is 0 Å². The van der Waals surface area contributed by atoms with Gasteiger partial charge in [0.15, 0.2) is 0 Å². The maximum atomic E-state index is 16.7. The van der Waals surface area contributed by atoms with Gasteiger partial charge in [0.05, 0.1) is 22.7 Å². The van der Waals surface area contributed by atoms with Gasteiger partial charge in [-0.15, -0.1) is 0 Å². The Bertz CT molecular complexity index is 2370. The summed E-state index contributed by atoms with van der Waals surface area (Å²) in [6, 6.07) is 59.2. The van der Waals surface area contributed by atoms with Crippen LogP contribution in [0, 0.1) is 0 Å². The number of rotatable bonds is 2. The number of nitrogens with zero attached hydrogens (tertiary/aromatic N) is 2. The van der Waals surface area contributed by atoms with Gasteiger partial charge in [-0.05, 0) is 89.5 Å². The predicted octanol–water partition coefficient (Wildman–Crippen LogP) is 11.3. The number of fused-ring (bicyclic) bond motifs is 12. The Morgan fingerprint density at radius 1 is 0.326 bits per heavy atom. The van der Waals surface area contributed by atoms with Gasteiger partial charge < -0.3 is 9.80 Å². The van der Waals surface area contributed by atoms with Crippen LogP contribution in [0.1, 0.15) is 0 Å². The highest BCUT2D eigenvalue weighted by Crippen LogP contribution is 2.71. The summed E-state index contributed by atoms with van der Waals surface area (Å²) < 4.78 is 16.7. The van der Waals surface area contributed by atoms with Gasteiger partial charge >= 0.3 is 0 Å². The summed E-state index contributed by atoms with van der Waals surface area (Å²) in [5.74, 6) is 0. The highest BCUT2D eigenvalue weighted by Gasteiger charge is 2.57. The van der Waals surface area contributed by atoms with E-state index in [0.29, 0.717) is 0 Å². The summed E-state index contributed by atoms with van der Waals surface area (Å²) in [4.78, 5) is 8.30. The summed E-state index contributed by atoms with van der Waals surface area (Å²) in [5, 5.41) is 0. The van der Waals surface area contributed by atoms with Gasteiger partial charge in [0.1, 0.15) is 0 Å². The van der Waals surface area contributed by atoms with E-state index in [-0.39, 0.29) is 0 Å². The standard InChI is InChI=1S/C42H28N2OS/c45-46(39-23-11-4-16-31(39)32-17-5-12-24-40(32)46)41-25-13-6-18-33(41)34-28-30(26-27-42(34)46)44-37-21-9-7-19-35(37)43(29-14-2-1-3-15-29)36-20-8-10-22-38(36)44/h1-28H. The SMILES string of the molecule is O=S12(c3ccccc3-c3ccccc31)c1ccccc1-c1cc(N3c4ccccc4N(c4ccccc4)c4ccccc43)ccc12. The first-order valence-electron chi connectivity index (χ1n) is 15.6. The Hall–Kier alpha value is -5.71. The molecule has 0 fully saturated rings. The second-order valence-corrected chi connectivity index (χ2v) is 15.7. The van der Waals surface area contributed by atoms with E-state index < -0.39 is 9.07 Å². The first-order chi connectivity index (χ1) is 22.7. The molecule has 7 aromatic carbocycles. The highest BCUT2D eigenvalue weighted by molar-refractivity contribution is 8.21. The molecular weight excluding hydrogens is 581 g/mol. The summed E-state index contributed by atoms with van der Waals surface area (Å²) in [6.07, 6.45) is 0. The molecule has 0 saturated heterocycles. The van der Waals surface area contributed by atoms with Crippen molar-refractivity contribution in [2.45, 2.75) is 19.6 Å². The van der Waals surface area contributed by atoms with Crippen LogP contribution in [-0.4, -0.2) is 4.21 Å². The molecule has 3 heterocycles. The molecule has 218 valence electrons. The molecular formula is C42H28N2OS. The van der Waals surface area contributed by atoms with E-state index in [1.54, 1.807) is 0 Å². The van der Waals surface area contributed by atoms with Gasteiger partial charge in [-0.1, -0.05) is 97.1 Å². The van der Waals surface area contributed by atoms with Crippen LogP contribution in [0.15, 0.2) is 189 Å². The first-order valence-corrected chi connectivity index (χ1v) is 17.6. The Morgan fingerprint density at radius 3 is 1.20 bits per heavy atom. The molecule has 0 bridgehead atoms. The van der Waals surface area contributed by atoms with E-state index in [1.165, 1.54) is 0 Å². The monoisotopic (exact) mass is 608 g/mol. The van der Waals surface area contributed by atoms with Crippen LogP contribution in [0.2, 0.25) is 0 Å². The zero-order valence-corrected chi connectivity index (χ0v) is 25.7. The van der Waals surface area contributed by atoms with Crippen molar-refractivity contribution in [3.8, 4) is 22.3 Å². The minimum Gasteiger partial charge on any atom is -0.306 e. The number of benzene rings is 7. The van der Waals surface area contributed by atoms with E-state index in [0.717, 1.165) is 76.0 Å². The van der Waals surface area contributed by atoms with Crippen molar-refractivity contribution < 1.29 is 4.21 Å². The second-order valence-electron chi connectivity index (χ2n) is 12.1. The van der Waals surface area contributed by atoms with Crippen LogP contribution < -0.4 is 9.80 Å². The predicted molar refractivity (Wildman–Crippen MR) is 188 cm³/mol. The fraction of sp³-hybridized carbons (Fsp3) is 0. The van der Waals surface area contributed by atoms with Crippen molar-refractivity contribution in [2.75, 3.05) is 9.80 Å². The lowest BCUT2D eigenvalue weighted by molar-refractivity contribution is 0.658. The lowest BCUT2D eigenvalue weighted by Gasteiger charge is -2.41. The number of hydrogen-bond acceptors (Lipinski definition) is 3. The average molecular weight is 609 g/mol. The molecule has 1 spiro atoms. The van der Waals surface area contributed by atoms with Crippen LogP contribution in [-0.2, 0) is 9.07 Å². The maximum Gasteiger partial charge on any atom is 0.0703 e. The second kappa shape index (κ2) is 8.94.